The van der Waals surface area contributed by atoms with E-state index in [1.165, 1.54) is 6.33 Å². The van der Waals surface area contributed by atoms with Crippen molar-refractivity contribution < 1.29 is 5.11 Å². The van der Waals surface area contributed by atoms with Gasteiger partial charge < -0.3 is 5.11 Å². The summed E-state index contributed by atoms with van der Waals surface area (Å²) in [6.07, 6.45) is 3.06. The molecule has 2 heterocycles. The molecule has 0 aliphatic carbocycles. The maximum atomic E-state index is 9.38. The highest BCUT2D eigenvalue weighted by atomic mass is 16.3. The maximum Gasteiger partial charge on any atom is 0.139 e. The van der Waals surface area contributed by atoms with Crippen LogP contribution in [0.25, 0.3) is 5.52 Å². The molecule has 0 amide bonds. The number of rotatable bonds is 0. The van der Waals surface area contributed by atoms with Crippen molar-refractivity contribution in [2.45, 2.75) is 13.8 Å². The van der Waals surface area contributed by atoms with Crippen LogP contribution in [-0.2, 0) is 0 Å². The topological polar surface area (TPSA) is 50.4 Å². The van der Waals surface area contributed by atoms with Gasteiger partial charge in [-0.25, -0.2) is 9.50 Å². The smallest absolute Gasteiger partial charge is 0.139 e. The molecule has 12 heavy (non-hydrogen) atoms. The minimum absolute atomic E-state index is 0.263. The fourth-order valence-electron chi connectivity index (χ4n) is 1.33. The predicted molar refractivity (Wildman–Crippen MR) is 44.1 cm³/mol. The van der Waals surface area contributed by atoms with E-state index in [4.69, 9.17) is 0 Å². The summed E-state index contributed by atoms with van der Waals surface area (Å²) in [5.41, 5.74) is 2.59. The molecule has 0 saturated carbocycles. The minimum atomic E-state index is 0.263. The molecule has 0 unspecified atom stereocenters. The molecule has 0 radical (unpaired) electrons. The van der Waals surface area contributed by atoms with E-state index in [2.05, 4.69) is 10.1 Å². The highest BCUT2D eigenvalue weighted by molar-refractivity contribution is 5.62. The Labute approximate surface area is 69.5 Å². The lowest BCUT2D eigenvalue weighted by Gasteiger charge is -1.96. The third-order valence-corrected chi connectivity index (χ3v) is 1.98. The maximum absolute atomic E-state index is 9.38. The SMILES string of the molecule is Cc1ncnn2cc(O)c(C)c12. The van der Waals surface area contributed by atoms with Gasteiger partial charge in [0, 0.05) is 5.56 Å². The van der Waals surface area contributed by atoms with E-state index in [1.54, 1.807) is 10.7 Å². The molecule has 2 rings (SSSR count). The number of aryl methyl sites for hydroxylation is 2. The van der Waals surface area contributed by atoms with Crippen LogP contribution in [0.2, 0.25) is 0 Å². The quantitative estimate of drug-likeness (QED) is 0.631. The molecule has 62 valence electrons. The van der Waals surface area contributed by atoms with Crippen LogP contribution in [0, 0.1) is 13.8 Å². The van der Waals surface area contributed by atoms with Crippen LogP contribution in [0.3, 0.4) is 0 Å². The van der Waals surface area contributed by atoms with Gasteiger partial charge >= 0.3 is 0 Å². The van der Waals surface area contributed by atoms with Crippen LogP contribution in [-0.4, -0.2) is 19.7 Å². The highest BCUT2D eigenvalue weighted by Crippen LogP contribution is 2.23. The summed E-state index contributed by atoms with van der Waals surface area (Å²) in [5, 5.41) is 13.3. The normalized spacial score (nSPS) is 10.8. The molecule has 0 atom stereocenters. The first kappa shape index (κ1) is 7.09. The van der Waals surface area contributed by atoms with Crippen molar-refractivity contribution in [1.82, 2.24) is 14.6 Å². The summed E-state index contributed by atoms with van der Waals surface area (Å²) in [7, 11) is 0. The fraction of sp³-hybridized carbons (Fsp3) is 0.250. The largest absolute Gasteiger partial charge is 0.506 e. The van der Waals surface area contributed by atoms with E-state index in [-0.39, 0.29) is 5.75 Å². The minimum Gasteiger partial charge on any atom is -0.506 e. The molecule has 1 N–H and O–H groups in total. The van der Waals surface area contributed by atoms with Crippen LogP contribution in [0.4, 0.5) is 0 Å². The Morgan fingerprint density at radius 1 is 1.42 bits per heavy atom. The van der Waals surface area contributed by atoms with Crippen molar-refractivity contribution in [2.75, 3.05) is 0 Å². The molecule has 4 nitrogen and oxygen atoms in total. The molecule has 0 aromatic carbocycles. The van der Waals surface area contributed by atoms with E-state index in [9.17, 15) is 5.11 Å². The number of nitrogens with zero attached hydrogens (tertiary/aromatic N) is 3. The number of hydrogen-bond acceptors (Lipinski definition) is 3. The van der Waals surface area contributed by atoms with Crippen LogP contribution in [0.15, 0.2) is 12.5 Å². The summed E-state index contributed by atoms with van der Waals surface area (Å²) in [4.78, 5) is 4.04. The van der Waals surface area contributed by atoms with Crippen molar-refractivity contribution >= 4 is 5.52 Å². The highest BCUT2D eigenvalue weighted by Gasteiger charge is 2.07. The van der Waals surface area contributed by atoms with Gasteiger partial charge in [0.2, 0.25) is 0 Å². The summed E-state index contributed by atoms with van der Waals surface area (Å²) < 4.78 is 1.63. The van der Waals surface area contributed by atoms with Crippen molar-refractivity contribution in [3.63, 3.8) is 0 Å². The lowest BCUT2D eigenvalue weighted by Crippen LogP contribution is -1.94. The Morgan fingerprint density at radius 2 is 2.17 bits per heavy atom. The molecule has 2 aromatic heterocycles. The summed E-state index contributed by atoms with van der Waals surface area (Å²) >= 11 is 0. The fourth-order valence-corrected chi connectivity index (χ4v) is 1.33. The number of aromatic hydroxyl groups is 1. The first-order chi connectivity index (χ1) is 5.70. The third-order valence-electron chi connectivity index (χ3n) is 1.98. The average Bonchev–Trinajstić information content (AvgIpc) is 2.29. The zero-order valence-corrected chi connectivity index (χ0v) is 6.94. The summed E-state index contributed by atoms with van der Waals surface area (Å²) in [6, 6.07) is 0. The van der Waals surface area contributed by atoms with Crippen molar-refractivity contribution in [3.05, 3.63) is 23.8 Å². The van der Waals surface area contributed by atoms with Gasteiger partial charge in [0.05, 0.1) is 17.4 Å². The molecule has 0 aliphatic heterocycles. The predicted octanol–water partition coefficient (Wildman–Crippen LogP) is 1.05. The van der Waals surface area contributed by atoms with Gasteiger partial charge in [-0.1, -0.05) is 0 Å². The molecule has 4 heteroatoms. The summed E-state index contributed by atoms with van der Waals surface area (Å²) in [6.45, 7) is 3.74. The first-order valence-electron chi connectivity index (χ1n) is 3.68. The van der Waals surface area contributed by atoms with Gasteiger partial charge in [-0.05, 0) is 13.8 Å². The monoisotopic (exact) mass is 163 g/mol. The van der Waals surface area contributed by atoms with Gasteiger partial charge in [-0.3, -0.25) is 0 Å². The Morgan fingerprint density at radius 3 is 2.83 bits per heavy atom. The van der Waals surface area contributed by atoms with E-state index in [1.807, 2.05) is 13.8 Å². The molecule has 0 aliphatic rings. The molecule has 0 saturated heterocycles. The zero-order valence-electron chi connectivity index (χ0n) is 6.94. The molecule has 0 bridgehead atoms. The number of aromatic nitrogens is 3. The molecule has 0 spiro atoms. The lowest BCUT2D eigenvalue weighted by atomic mass is 10.2. The van der Waals surface area contributed by atoms with E-state index >= 15 is 0 Å². The van der Waals surface area contributed by atoms with E-state index in [0.29, 0.717) is 0 Å². The second kappa shape index (κ2) is 2.20. The van der Waals surface area contributed by atoms with Crippen molar-refractivity contribution in [3.8, 4) is 5.75 Å². The number of hydrogen-bond donors (Lipinski definition) is 1. The Kier molecular flexibility index (Phi) is 1.30. The first-order valence-corrected chi connectivity index (χ1v) is 3.68. The number of fused-ring (bicyclic) bond motifs is 1. The Hall–Kier alpha value is -1.58. The van der Waals surface area contributed by atoms with E-state index in [0.717, 1.165) is 16.8 Å². The standard InChI is InChI=1S/C8H9N3O/c1-5-7(12)3-11-8(5)6(2)9-4-10-11/h3-4,12H,1-2H3. The van der Waals surface area contributed by atoms with Gasteiger partial charge in [-0.15, -0.1) is 0 Å². The van der Waals surface area contributed by atoms with E-state index < -0.39 is 0 Å². The Balaban J connectivity index is 2.97. The van der Waals surface area contributed by atoms with Crippen LogP contribution in [0.5, 0.6) is 5.75 Å². The average molecular weight is 163 g/mol. The Bertz CT molecular complexity index is 433. The van der Waals surface area contributed by atoms with Crippen LogP contribution >= 0.6 is 0 Å². The zero-order chi connectivity index (χ0) is 8.72. The lowest BCUT2D eigenvalue weighted by molar-refractivity contribution is 0.471. The second-order valence-corrected chi connectivity index (χ2v) is 2.78. The van der Waals surface area contributed by atoms with Gasteiger partial charge in [-0.2, -0.15) is 5.10 Å². The van der Waals surface area contributed by atoms with Gasteiger partial charge in [0.15, 0.2) is 0 Å². The molecular weight excluding hydrogens is 154 g/mol. The van der Waals surface area contributed by atoms with Crippen molar-refractivity contribution in [2.24, 2.45) is 0 Å². The van der Waals surface area contributed by atoms with Gasteiger partial charge in [0.1, 0.15) is 12.1 Å². The second-order valence-electron chi connectivity index (χ2n) is 2.78. The van der Waals surface area contributed by atoms with Gasteiger partial charge in [0.25, 0.3) is 0 Å². The van der Waals surface area contributed by atoms with Crippen LogP contribution < -0.4 is 0 Å². The third kappa shape index (κ3) is 0.777. The van der Waals surface area contributed by atoms with Crippen molar-refractivity contribution in [1.29, 1.82) is 0 Å². The molecule has 0 fully saturated rings. The molecule has 2 aromatic rings. The van der Waals surface area contributed by atoms with Crippen LogP contribution in [0.1, 0.15) is 11.3 Å². The summed E-state index contributed by atoms with van der Waals surface area (Å²) in [5.74, 6) is 0.263. The molecular formula is C8H9N3O.